The monoisotopic (exact) mass is 380 g/mol. The molecule has 0 aliphatic rings. The number of hydrogen-bond acceptors (Lipinski definition) is 5. The highest BCUT2D eigenvalue weighted by molar-refractivity contribution is 6.06. The van der Waals surface area contributed by atoms with Gasteiger partial charge in [-0.25, -0.2) is 4.79 Å². The summed E-state index contributed by atoms with van der Waals surface area (Å²) in [5, 5.41) is 7.75. The quantitative estimate of drug-likeness (QED) is 0.687. The van der Waals surface area contributed by atoms with Gasteiger partial charge in [0.15, 0.2) is 6.61 Å². The molecule has 2 aromatic heterocycles. The molecule has 7 heteroatoms. The first-order valence-electron chi connectivity index (χ1n) is 9.18. The normalized spacial score (nSPS) is 10.9. The molecule has 0 spiro atoms. The number of carbonyl (C=O) groups excluding carboxylic acids is 2. The highest BCUT2D eigenvalue weighted by Crippen LogP contribution is 2.24. The first kappa shape index (κ1) is 19.5. The lowest BCUT2D eigenvalue weighted by atomic mass is 10.0. The first-order valence-corrected chi connectivity index (χ1v) is 9.18. The number of hydrogen-bond donors (Lipinski definition) is 1. The topological polar surface area (TPSA) is 86.1 Å². The SMILES string of the molecule is CCc1nc2ccccc2c(C(=O)OCC(=O)Nc2c(C)nn(C)c2C)c1C. The van der Waals surface area contributed by atoms with Crippen LogP contribution in [0.3, 0.4) is 0 Å². The van der Waals surface area contributed by atoms with Crippen LogP contribution < -0.4 is 5.32 Å². The summed E-state index contributed by atoms with van der Waals surface area (Å²) in [6, 6.07) is 7.44. The number of pyridine rings is 1. The number of benzene rings is 1. The highest BCUT2D eigenvalue weighted by Gasteiger charge is 2.20. The molecule has 28 heavy (non-hydrogen) atoms. The van der Waals surface area contributed by atoms with Crippen LogP contribution >= 0.6 is 0 Å². The van der Waals surface area contributed by atoms with E-state index in [9.17, 15) is 9.59 Å². The van der Waals surface area contributed by atoms with Crippen molar-refractivity contribution in [3.8, 4) is 0 Å². The second kappa shape index (κ2) is 7.80. The van der Waals surface area contributed by atoms with Crippen LogP contribution in [0.25, 0.3) is 10.9 Å². The number of aryl methyl sites for hydroxylation is 3. The number of nitrogens with one attached hydrogen (secondary N) is 1. The number of fused-ring (bicyclic) bond motifs is 1. The van der Waals surface area contributed by atoms with Crippen molar-refractivity contribution < 1.29 is 14.3 Å². The third kappa shape index (κ3) is 3.60. The maximum Gasteiger partial charge on any atom is 0.339 e. The van der Waals surface area contributed by atoms with Gasteiger partial charge in [0.2, 0.25) is 0 Å². The van der Waals surface area contributed by atoms with E-state index in [4.69, 9.17) is 4.74 Å². The van der Waals surface area contributed by atoms with E-state index >= 15 is 0 Å². The standard InChI is InChI=1S/C21H24N4O3/c1-6-16-12(2)19(15-9-7-8-10-17(15)22-16)21(27)28-11-18(26)23-20-13(3)24-25(5)14(20)4/h7-10H,6,11H2,1-5H3,(H,23,26). The Labute approximate surface area is 163 Å². The Kier molecular flexibility index (Phi) is 5.44. The maximum atomic E-state index is 12.8. The minimum atomic E-state index is -0.527. The molecule has 0 unspecified atom stereocenters. The molecule has 2 heterocycles. The first-order chi connectivity index (χ1) is 13.3. The van der Waals surface area contributed by atoms with Gasteiger partial charge in [-0.05, 0) is 38.8 Å². The molecule has 146 valence electrons. The molecule has 3 aromatic rings. The van der Waals surface area contributed by atoms with E-state index in [0.29, 0.717) is 23.4 Å². The largest absolute Gasteiger partial charge is 0.452 e. The number of nitrogens with zero attached hydrogens (tertiary/aromatic N) is 3. The van der Waals surface area contributed by atoms with Crippen molar-refractivity contribution in [1.82, 2.24) is 14.8 Å². The molecule has 0 aliphatic heterocycles. The summed E-state index contributed by atoms with van der Waals surface area (Å²) in [5.74, 6) is -0.931. The van der Waals surface area contributed by atoms with Crippen LogP contribution in [0.5, 0.6) is 0 Å². The molecule has 0 fully saturated rings. The van der Waals surface area contributed by atoms with E-state index in [1.54, 1.807) is 11.7 Å². The smallest absolute Gasteiger partial charge is 0.339 e. The molecule has 0 saturated heterocycles. The van der Waals surface area contributed by atoms with Crippen LogP contribution in [0.4, 0.5) is 5.69 Å². The van der Waals surface area contributed by atoms with Crippen molar-refractivity contribution in [2.45, 2.75) is 34.1 Å². The van der Waals surface area contributed by atoms with Gasteiger partial charge in [-0.2, -0.15) is 5.10 Å². The third-order valence-electron chi connectivity index (χ3n) is 4.88. The Balaban J connectivity index is 1.80. The zero-order chi connectivity index (χ0) is 20.4. The Morgan fingerprint density at radius 1 is 1.18 bits per heavy atom. The number of rotatable bonds is 5. The van der Waals surface area contributed by atoms with Gasteiger partial charge < -0.3 is 10.1 Å². The summed E-state index contributed by atoms with van der Waals surface area (Å²) in [6.45, 7) is 7.15. The Morgan fingerprint density at radius 2 is 1.89 bits per heavy atom. The molecule has 1 amide bonds. The van der Waals surface area contributed by atoms with Crippen LogP contribution in [0.1, 0.15) is 39.9 Å². The van der Waals surface area contributed by atoms with E-state index in [2.05, 4.69) is 15.4 Å². The van der Waals surface area contributed by atoms with Gasteiger partial charge in [0.25, 0.3) is 5.91 Å². The van der Waals surface area contributed by atoms with Crippen LogP contribution in [0.15, 0.2) is 24.3 Å². The van der Waals surface area contributed by atoms with Gasteiger partial charge in [0, 0.05) is 18.1 Å². The predicted molar refractivity (Wildman–Crippen MR) is 107 cm³/mol. The lowest BCUT2D eigenvalue weighted by Crippen LogP contribution is -2.22. The minimum absolute atomic E-state index is 0.371. The van der Waals surface area contributed by atoms with Crippen molar-refractivity contribution >= 4 is 28.5 Å². The second-order valence-corrected chi connectivity index (χ2v) is 6.72. The number of carbonyl (C=O) groups is 2. The third-order valence-corrected chi connectivity index (χ3v) is 4.88. The zero-order valence-electron chi connectivity index (χ0n) is 16.8. The molecule has 7 nitrogen and oxygen atoms in total. The lowest BCUT2D eigenvalue weighted by molar-refractivity contribution is -0.119. The van der Waals surface area contributed by atoms with Gasteiger partial charge in [0.1, 0.15) is 0 Å². The molecule has 0 bridgehead atoms. The molecular formula is C21H24N4O3. The number of aromatic nitrogens is 3. The summed E-state index contributed by atoms with van der Waals surface area (Å²) in [5.41, 5.74) is 5.01. The number of ether oxygens (including phenoxy) is 1. The summed E-state index contributed by atoms with van der Waals surface area (Å²) in [4.78, 5) is 29.7. The number of esters is 1. The maximum absolute atomic E-state index is 12.8. The van der Waals surface area contributed by atoms with Crippen LogP contribution in [-0.4, -0.2) is 33.2 Å². The number of anilines is 1. The molecule has 1 aromatic carbocycles. The summed E-state index contributed by atoms with van der Waals surface area (Å²) in [6.07, 6.45) is 0.705. The van der Waals surface area contributed by atoms with Crippen molar-refractivity contribution in [1.29, 1.82) is 0 Å². The van der Waals surface area contributed by atoms with Crippen LogP contribution in [-0.2, 0) is 23.0 Å². The molecule has 0 atom stereocenters. The Hall–Kier alpha value is -3.22. The van der Waals surface area contributed by atoms with Crippen molar-refractivity contribution in [2.75, 3.05) is 11.9 Å². The summed E-state index contributed by atoms with van der Waals surface area (Å²) in [7, 11) is 1.81. The van der Waals surface area contributed by atoms with Crippen LogP contribution in [0, 0.1) is 20.8 Å². The molecule has 0 radical (unpaired) electrons. The van der Waals surface area contributed by atoms with Gasteiger partial charge >= 0.3 is 5.97 Å². The van der Waals surface area contributed by atoms with Crippen molar-refractivity contribution in [3.05, 3.63) is 52.5 Å². The minimum Gasteiger partial charge on any atom is -0.452 e. The van der Waals surface area contributed by atoms with E-state index < -0.39 is 11.9 Å². The zero-order valence-corrected chi connectivity index (χ0v) is 16.8. The fourth-order valence-corrected chi connectivity index (χ4v) is 3.30. The van der Waals surface area contributed by atoms with Gasteiger partial charge in [-0.1, -0.05) is 25.1 Å². The van der Waals surface area contributed by atoms with Gasteiger partial charge in [-0.3, -0.25) is 14.5 Å². The second-order valence-electron chi connectivity index (χ2n) is 6.72. The van der Waals surface area contributed by atoms with Crippen molar-refractivity contribution in [2.24, 2.45) is 7.05 Å². The molecule has 1 N–H and O–H groups in total. The Morgan fingerprint density at radius 3 is 2.54 bits per heavy atom. The van der Waals surface area contributed by atoms with Gasteiger partial charge in [-0.15, -0.1) is 0 Å². The molecule has 0 aliphatic carbocycles. The molecule has 3 rings (SSSR count). The highest BCUT2D eigenvalue weighted by atomic mass is 16.5. The fraction of sp³-hybridized carbons (Fsp3) is 0.333. The average molecular weight is 380 g/mol. The number of para-hydroxylation sites is 1. The van der Waals surface area contributed by atoms with E-state index in [-0.39, 0.29) is 6.61 Å². The van der Waals surface area contributed by atoms with E-state index in [1.165, 1.54) is 0 Å². The predicted octanol–water partition coefficient (Wildman–Crippen LogP) is 3.25. The lowest BCUT2D eigenvalue weighted by Gasteiger charge is -2.13. The molecular weight excluding hydrogens is 356 g/mol. The summed E-state index contributed by atoms with van der Waals surface area (Å²) < 4.78 is 7.02. The van der Waals surface area contributed by atoms with Crippen molar-refractivity contribution in [3.63, 3.8) is 0 Å². The van der Waals surface area contributed by atoms with E-state index in [1.807, 2.05) is 52.0 Å². The van der Waals surface area contributed by atoms with Gasteiger partial charge in [0.05, 0.1) is 28.2 Å². The fourth-order valence-electron chi connectivity index (χ4n) is 3.30. The van der Waals surface area contributed by atoms with Crippen LogP contribution in [0.2, 0.25) is 0 Å². The van der Waals surface area contributed by atoms with E-state index in [0.717, 1.165) is 27.9 Å². The average Bonchev–Trinajstić information content (AvgIpc) is 2.91. The number of amides is 1. The summed E-state index contributed by atoms with van der Waals surface area (Å²) >= 11 is 0. The Bertz CT molecular complexity index is 1070. The molecule has 0 saturated carbocycles.